The van der Waals surface area contributed by atoms with E-state index in [1.807, 2.05) is 18.2 Å². The normalized spacial score (nSPS) is 12.4. The molecule has 0 unspecified atom stereocenters. The van der Waals surface area contributed by atoms with Crippen LogP contribution in [0.25, 0.3) is 0 Å². The molecule has 126 valence electrons. The van der Waals surface area contributed by atoms with Crippen LogP contribution < -0.4 is 5.32 Å². The molecule has 0 fully saturated rings. The van der Waals surface area contributed by atoms with E-state index in [0.29, 0.717) is 39.6 Å². The highest BCUT2D eigenvalue weighted by Crippen LogP contribution is 2.32. The fourth-order valence-corrected chi connectivity index (χ4v) is 3.16. The molecule has 2 heterocycles. The molecule has 25 heavy (non-hydrogen) atoms. The summed E-state index contributed by atoms with van der Waals surface area (Å²) in [5, 5.41) is 12.7. The lowest BCUT2D eigenvalue weighted by Crippen LogP contribution is -1.95. The summed E-state index contributed by atoms with van der Waals surface area (Å²) >= 11 is 18.3. The molecule has 0 aliphatic carbocycles. The molecule has 8 heteroatoms. The maximum Gasteiger partial charge on any atom is 0.320 e. The first-order valence-electron chi connectivity index (χ1n) is 7.44. The molecule has 0 bridgehead atoms. The van der Waals surface area contributed by atoms with Crippen molar-refractivity contribution < 1.29 is 4.42 Å². The number of aromatic nitrogens is 2. The molecule has 3 aromatic rings. The van der Waals surface area contributed by atoms with Gasteiger partial charge < -0.3 is 9.73 Å². The average molecular weight is 394 g/mol. The zero-order valence-electron chi connectivity index (χ0n) is 12.8. The van der Waals surface area contributed by atoms with Crippen LogP contribution >= 0.6 is 34.8 Å². The van der Waals surface area contributed by atoms with Crippen molar-refractivity contribution in [3.8, 4) is 0 Å². The van der Waals surface area contributed by atoms with Crippen molar-refractivity contribution in [2.45, 2.75) is 13.0 Å². The largest absolute Gasteiger partial charge is 0.408 e. The monoisotopic (exact) mass is 392 g/mol. The number of rotatable bonds is 4. The van der Waals surface area contributed by atoms with Gasteiger partial charge in [0, 0.05) is 11.8 Å². The van der Waals surface area contributed by atoms with E-state index in [4.69, 9.17) is 39.2 Å². The summed E-state index contributed by atoms with van der Waals surface area (Å²) in [5.41, 5.74) is 3.64. The predicted octanol–water partition coefficient (Wildman–Crippen LogP) is 5.30. The van der Waals surface area contributed by atoms with Crippen molar-refractivity contribution in [1.29, 1.82) is 0 Å². The molecular weight excluding hydrogens is 383 g/mol. The first-order valence-corrected chi connectivity index (χ1v) is 8.58. The first kappa shape index (κ1) is 16.4. The molecule has 0 amide bonds. The van der Waals surface area contributed by atoms with Gasteiger partial charge in [-0.1, -0.05) is 52.0 Å². The molecule has 0 saturated carbocycles. The third kappa shape index (κ3) is 3.35. The Labute approximate surface area is 158 Å². The van der Waals surface area contributed by atoms with E-state index in [1.54, 1.807) is 18.3 Å². The van der Waals surface area contributed by atoms with Crippen molar-refractivity contribution in [3.05, 3.63) is 68.0 Å². The molecule has 2 aromatic carbocycles. The molecular formula is C17H11Cl3N4O. The third-order valence-corrected chi connectivity index (χ3v) is 4.95. The fourth-order valence-electron chi connectivity index (χ4n) is 2.56. The minimum atomic E-state index is 0.270. The second-order valence-corrected chi connectivity index (χ2v) is 6.71. The topological polar surface area (TPSA) is 63.3 Å². The summed E-state index contributed by atoms with van der Waals surface area (Å²) in [7, 11) is 0. The van der Waals surface area contributed by atoms with Crippen LogP contribution in [0, 0.1) is 0 Å². The van der Waals surface area contributed by atoms with E-state index in [9.17, 15) is 0 Å². The lowest BCUT2D eigenvalue weighted by molar-refractivity contribution is 0.521. The number of hydrogen-bond acceptors (Lipinski definition) is 5. The number of benzene rings is 2. The SMILES string of the molecule is Clc1ccc(Cc2nnc(Nc3ccc4c(c3Cl)C=NC4)o2)cc1Cl. The van der Waals surface area contributed by atoms with Crippen molar-refractivity contribution >= 4 is 52.7 Å². The molecule has 1 N–H and O–H groups in total. The molecule has 4 rings (SSSR count). The van der Waals surface area contributed by atoms with Gasteiger partial charge in [0.25, 0.3) is 0 Å². The van der Waals surface area contributed by atoms with Gasteiger partial charge in [-0.2, -0.15) is 0 Å². The van der Waals surface area contributed by atoms with E-state index in [2.05, 4.69) is 20.5 Å². The lowest BCUT2D eigenvalue weighted by Gasteiger charge is -2.07. The zero-order chi connectivity index (χ0) is 17.4. The number of anilines is 2. The van der Waals surface area contributed by atoms with Crippen LogP contribution in [0.3, 0.4) is 0 Å². The molecule has 1 aromatic heterocycles. The Bertz CT molecular complexity index is 984. The number of hydrogen-bond donors (Lipinski definition) is 1. The molecule has 0 spiro atoms. The van der Waals surface area contributed by atoms with Crippen LogP contribution in [-0.4, -0.2) is 16.4 Å². The van der Waals surface area contributed by atoms with Crippen LogP contribution in [0.4, 0.5) is 11.7 Å². The molecule has 1 aliphatic rings. The van der Waals surface area contributed by atoms with Gasteiger partial charge in [-0.15, -0.1) is 5.10 Å². The molecule has 0 atom stereocenters. The van der Waals surface area contributed by atoms with Gasteiger partial charge in [0.1, 0.15) is 0 Å². The number of nitrogens with one attached hydrogen (secondary N) is 1. The van der Waals surface area contributed by atoms with Gasteiger partial charge in [0.2, 0.25) is 5.89 Å². The highest BCUT2D eigenvalue weighted by atomic mass is 35.5. The van der Waals surface area contributed by atoms with Crippen LogP contribution in [0.5, 0.6) is 0 Å². The summed E-state index contributed by atoms with van der Waals surface area (Å²) in [4.78, 5) is 4.22. The van der Waals surface area contributed by atoms with E-state index >= 15 is 0 Å². The molecule has 0 saturated heterocycles. The van der Waals surface area contributed by atoms with E-state index in [-0.39, 0.29) is 6.01 Å². The number of nitrogens with zero attached hydrogens (tertiary/aromatic N) is 3. The summed E-state index contributed by atoms with van der Waals surface area (Å²) < 4.78 is 5.63. The zero-order valence-corrected chi connectivity index (χ0v) is 15.0. The number of aliphatic imine (C=N–C) groups is 1. The van der Waals surface area contributed by atoms with Crippen LogP contribution in [0.15, 0.2) is 39.7 Å². The van der Waals surface area contributed by atoms with E-state index in [1.165, 1.54) is 0 Å². The quantitative estimate of drug-likeness (QED) is 0.653. The summed E-state index contributed by atoms with van der Waals surface area (Å²) in [6.07, 6.45) is 2.22. The van der Waals surface area contributed by atoms with E-state index in [0.717, 1.165) is 16.7 Å². The molecule has 5 nitrogen and oxygen atoms in total. The van der Waals surface area contributed by atoms with Crippen LogP contribution in [0.1, 0.15) is 22.6 Å². The minimum Gasteiger partial charge on any atom is -0.408 e. The Morgan fingerprint density at radius 3 is 2.76 bits per heavy atom. The average Bonchev–Trinajstić information content (AvgIpc) is 3.23. The Kier molecular flexibility index (Phi) is 4.37. The standard InChI is InChI=1S/C17H11Cl3N4O/c18-12-3-1-9(5-13(12)19)6-15-23-24-17(25-15)22-14-4-2-10-7-21-8-11(10)16(14)20/h1-5,8H,6-7H2,(H,22,24). The van der Waals surface area contributed by atoms with Gasteiger partial charge in [-0.05, 0) is 29.3 Å². The Balaban J connectivity index is 1.52. The highest BCUT2D eigenvalue weighted by molar-refractivity contribution is 6.42. The Morgan fingerprint density at radius 2 is 1.92 bits per heavy atom. The number of halogens is 3. The summed E-state index contributed by atoms with van der Waals surface area (Å²) in [5.74, 6) is 0.458. The van der Waals surface area contributed by atoms with Crippen molar-refractivity contribution in [2.24, 2.45) is 4.99 Å². The van der Waals surface area contributed by atoms with Gasteiger partial charge in [0.15, 0.2) is 0 Å². The summed E-state index contributed by atoms with van der Waals surface area (Å²) in [6, 6.07) is 9.50. The molecule has 1 aliphatic heterocycles. The van der Waals surface area contributed by atoms with Crippen molar-refractivity contribution in [2.75, 3.05) is 5.32 Å². The van der Waals surface area contributed by atoms with Crippen LogP contribution in [0.2, 0.25) is 15.1 Å². The fraction of sp³-hybridized carbons (Fsp3) is 0.118. The van der Waals surface area contributed by atoms with Gasteiger partial charge in [-0.3, -0.25) is 4.99 Å². The minimum absolute atomic E-state index is 0.270. The second kappa shape index (κ2) is 6.67. The third-order valence-electron chi connectivity index (χ3n) is 3.80. The lowest BCUT2D eigenvalue weighted by atomic mass is 10.1. The van der Waals surface area contributed by atoms with Crippen molar-refractivity contribution in [3.63, 3.8) is 0 Å². The van der Waals surface area contributed by atoms with Gasteiger partial charge in [-0.25, -0.2) is 0 Å². The first-order chi connectivity index (χ1) is 12.1. The van der Waals surface area contributed by atoms with E-state index < -0.39 is 0 Å². The highest BCUT2D eigenvalue weighted by Gasteiger charge is 2.15. The smallest absolute Gasteiger partial charge is 0.320 e. The Hall–Kier alpha value is -2.08. The predicted molar refractivity (Wildman–Crippen MR) is 99.6 cm³/mol. The Morgan fingerprint density at radius 1 is 1.04 bits per heavy atom. The summed E-state index contributed by atoms with van der Waals surface area (Å²) in [6.45, 7) is 0.656. The van der Waals surface area contributed by atoms with Crippen LogP contribution in [-0.2, 0) is 13.0 Å². The molecule has 0 radical (unpaired) electrons. The van der Waals surface area contributed by atoms with Crippen molar-refractivity contribution in [1.82, 2.24) is 10.2 Å². The van der Waals surface area contributed by atoms with Gasteiger partial charge >= 0.3 is 6.01 Å². The number of fused-ring (bicyclic) bond motifs is 1. The maximum absolute atomic E-state index is 6.40. The maximum atomic E-state index is 6.40. The second-order valence-electron chi connectivity index (χ2n) is 5.52. The van der Waals surface area contributed by atoms with Gasteiger partial charge in [0.05, 0.1) is 33.7 Å².